The zero-order valence-corrected chi connectivity index (χ0v) is 33.2. The molecule has 0 aromatic heterocycles. The lowest BCUT2D eigenvalue weighted by Crippen LogP contribution is -2.29. The van der Waals surface area contributed by atoms with E-state index in [0.29, 0.717) is 6.42 Å². The van der Waals surface area contributed by atoms with Gasteiger partial charge in [0, 0.05) is 12.8 Å². The number of phosphoric acid groups is 1. The molecule has 8 nitrogen and oxygen atoms in total. The van der Waals surface area contributed by atoms with Crippen LogP contribution >= 0.6 is 7.82 Å². The van der Waals surface area contributed by atoms with Crippen LogP contribution in [0.2, 0.25) is 0 Å². The third-order valence-corrected chi connectivity index (χ3v) is 9.46. The van der Waals surface area contributed by atoms with Crippen molar-refractivity contribution in [3.05, 3.63) is 24.3 Å². The van der Waals surface area contributed by atoms with Crippen molar-refractivity contribution in [3.63, 3.8) is 0 Å². The van der Waals surface area contributed by atoms with Crippen LogP contribution in [0, 0.1) is 0 Å². The molecule has 0 saturated carbocycles. The summed E-state index contributed by atoms with van der Waals surface area (Å²) in [5, 5.41) is 0. The monoisotopic (exact) mass is 729 g/mol. The molecule has 0 bridgehead atoms. The molecule has 0 spiro atoms. The highest BCUT2D eigenvalue weighted by molar-refractivity contribution is 7.46. The second-order valence-corrected chi connectivity index (χ2v) is 15.2. The highest BCUT2D eigenvalue weighted by Crippen LogP contribution is 2.36. The molecule has 0 aliphatic heterocycles. The first-order chi connectivity index (χ1) is 24.3. The lowest BCUT2D eigenvalue weighted by Gasteiger charge is -2.18. The van der Waals surface area contributed by atoms with Crippen molar-refractivity contribution in [1.82, 2.24) is 0 Å². The number of carbonyl (C=O) groups is 2. The summed E-state index contributed by atoms with van der Waals surface area (Å²) in [7, 11) is -4.75. The van der Waals surface area contributed by atoms with E-state index in [4.69, 9.17) is 19.3 Å². The fraction of sp³-hybridized carbons (Fsp3) is 0.854. The number of rotatable bonds is 38. The van der Waals surface area contributed by atoms with Crippen LogP contribution in [0.15, 0.2) is 24.3 Å². The molecule has 1 atom stereocenters. The highest BCUT2D eigenvalue weighted by Gasteiger charge is 2.22. The van der Waals surface area contributed by atoms with E-state index in [1.807, 2.05) is 0 Å². The predicted molar refractivity (Wildman–Crippen MR) is 207 cm³/mol. The highest BCUT2D eigenvalue weighted by atomic mass is 31.2. The number of hydrogen-bond acceptors (Lipinski definition) is 6. The Morgan fingerprint density at radius 2 is 0.900 bits per heavy atom. The van der Waals surface area contributed by atoms with E-state index >= 15 is 0 Å². The van der Waals surface area contributed by atoms with Crippen molar-refractivity contribution in [3.8, 4) is 0 Å². The Labute approximate surface area is 307 Å². The molecule has 0 rings (SSSR count). The standard InChI is InChI=1S/C41H77O8P/c1-3-5-7-9-11-13-15-17-19-20-22-23-25-27-29-31-33-35-40(42)47-37-39(38-48-50(44,45)46)49-41(43)36-34-32-30-28-26-24-21-18-16-14-12-10-8-6-4-2/h12,14,18,21,39H,3-11,13,15-17,19-20,22-38H2,1-2H3,(H2,44,45,46)/b14-12+,21-18+/t39-/m1/s1. The summed E-state index contributed by atoms with van der Waals surface area (Å²) in [4.78, 5) is 42.8. The van der Waals surface area contributed by atoms with E-state index < -0.39 is 32.5 Å². The van der Waals surface area contributed by atoms with Gasteiger partial charge in [0.15, 0.2) is 6.10 Å². The first-order valence-electron chi connectivity index (χ1n) is 20.6. The van der Waals surface area contributed by atoms with Crippen LogP contribution in [0.5, 0.6) is 0 Å². The molecule has 0 fully saturated rings. The second kappa shape index (κ2) is 37.3. The number of ether oxygens (including phenoxy) is 2. The fourth-order valence-electron chi connectivity index (χ4n) is 5.87. The Morgan fingerprint density at radius 1 is 0.520 bits per heavy atom. The topological polar surface area (TPSA) is 119 Å². The van der Waals surface area contributed by atoms with Gasteiger partial charge in [0.05, 0.1) is 6.61 Å². The van der Waals surface area contributed by atoms with E-state index in [0.717, 1.165) is 57.8 Å². The number of phosphoric ester groups is 1. The van der Waals surface area contributed by atoms with Crippen molar-refractivity contribution < 1.29 is 37.9 Å². The van der Waals surface area contributed by atoms with E-state index in [1.165, 1.54) is 116 Å². The van der Waals surface area contributed by atoms with Gasteiger partial charge in [-0.1, -0.05) is 173 Å². The van der Waals surface area contributed by atoms with Gasteiger partial charge in [-0.3, -0.25) is 14.1 Å². The summed E-state index contributed by atoms with van der Waals surface area (Å²) in [5.74, 6) is -0.892. The molecule has 0 aliphatic rings. The predicted octanol–water partition coefficient (Wildman–Crippen LogP) is 12.4. The van der Waals surface area contributed by atoms with Gasteiger partial charge in [0.25, 0.3) is 0 Å². The number of carbonyl (C=O) groups excluding carboxylic acids is 2. The summed E-state index contributed by atoms with van der Waals surface area (Å²) in [5.41, 5.74) is 0. The molecule has 0 saturated heterocycles. The van der Waals surface area contributed by atoms with Crippen molar-refractivity contribution in [2.75, 3.05) is 13.2 Å². The Bertz CT molecular complexity index is 869. The van der Waals surface area contributed by atoms with Gasteiger partial charge in [-0.05, 0) is 44.9 Å². The van der Waals surface area contributed by atoms with Gasteiger partial charge in [-0.25, -0.2) is 4.57 Å². The first kappa shape index (κ1) is 48.5. The van der Waals surface area contributed by atoms with E-state index in [9.17, 15) is 14.2 Å². The van der Waals surface area contributed by atoms with E-state index in [-0.39, 0.29) is 19.4 Å². The quantitative estimate of drug-likeness (QED) is 0.0279. The van der Waals surface area contributed by atoms with Gasteiger partial charge >= 0.3 is 19.8 Å². The molecule has 0 aliphatic carbocycles. The minimum atomic E-state index is -4.75. The lowest BCUT2D eigenvalue weighted by molar-refractivity contribution is -0.161. The van der Waals surface area contributed by atoms with Crippen LogP contribution in [0.3, 0.4) is 0 Å². The Balaban J connectivity index is 3.91. The zero-order valence-electron chi connectivity index (χ0n) is 32.3. The molecular formula is C41H77O8P. The van der Waals surface area contributed by atoms with Gasteiger partial charge in [0.2, 0.25) is 0 Å². The maximum Gasteiger partial charge on any atom is 0.469 e. The molecule has 0 radical (unpaired) electrons. The van der Waals surface area contributed by atoms with Crippen molar-refractivity contribution >= 4 is 19.8 Å². The number of allylic oxidation sites excluding steroid dienone is 4. The van der Waals surface area contributed by atoms with Crippen LogP contribution < -0.4 is 0 Å². The summed E-state index contributed by atoms with van der Waals surface area (Å²) >= 11 is 0. The molecule has 0 amide bonds. The molecule has 0 aromatic rings. The summed E-state index contributed by atoms with van der Waals surface area (Å²) in [6, 6.07) is 0. The maximum absolute atomic E-state index is 12.4. The minimum absolute atomic E-state index is 0.199. The number of hydrogen-bond donors (Lipinski definition) is 2. The second-order valence-electron chi connectivity index (χ2n) is 14.0. The van der Waals surface area contributed by atoms with Gasteiger partial charge in [0.1, 0.15) is 6.61 Å². The average Bonchev–Trinajstić information content (AvgIpc) is 3.08. The van der Waals surface area contributed by atoms with Gasteiger partial charge in [-0.2, -0.15) is 0 Å². The SMILES string of the molecule is CCCCC/C=C/C/C=C/CCCCCCCC(=O)O[C@H](COC(=O)CCCCCCCCCCCCCCCCCCC)COP(=O)(O)O. The summed E-state index contributed by atoms with van der Waals surface area (Å²) in [6.45, 7) is 3.66. The molecule has 2 N–H and O–H groups in total. The van der Waals surface area contributed by atoms with E-state index in [2.05, 4.69) is 42.7 Å². The third kappa shape index (κ3) is 39.3. The third-order valence-electron chi connectivity index (χ3n) is 8.97. The Kier molecular flexibility index (Phi) is 36.2. The minimum Gasteiger partial charge on any atom is -0.462 e. The molecule has 9 heteroatoms. The zero-order chi connectivity index (χ0) is 36.8. The van der Waals surface area contributed by atoms with Crippen LogP contribution in [-0.2, 0) is 28.2 Å². The molecule has 0 unspecified atom stereocenters. The molecule has 0 aromatic carbocycles. The van der Waals surface area contributed by atoms with Crippen LogP contribution in [0.4, 0.5) is 0 Å². The smallest absolute Gasteiger partial charge is 0.462 e. The number of esters is 2. The normalized spacial score (nSPS) is 12.6. The molecular weight excluding hydrogens is 651 g/mol. The van der Waals surface area contributed by atoms with Crippen molar-refractivity contribution in [2.24, 2.45) is 0 Å². The van der Waals surface area contributed by atoms with Crippen LogP contribution in [0.25, 0.3) is 0 Å². The lowest BCUT2D eigenvalue weighted by atomic mass is 10.0. The summed E-state index contributed by atoms with van der Waals surface area (Å²) in [6.07, 6.45) is 41.8. The molecule has 50 heavy (non-hydrogen) atoms. The van der Waals surface area contributed by atoms with E-state index in [1.54, 1.807) is 0 Å². The Morgan fingerprint density at radius 3 is 1.36 bits per heavy atom. The van der Waals surface area contributed by atoms with Gasteiger partial charge < -0.3 is 19.3 Å². The van der Waals surface area contributed by atoms with Crippen molar-refractivity contribution in [1.29, 1.82) is 0 Å². The van der Waals surface area contributed by atoms with Crippen LogP contribution in [-0.4, -0.2) is 41.0 Å². The largest absolute Gasteiger partial charge is 0.469 e. The summed E-state index contributed by atoms with van der Waals surface area (Å²) < 4.78 is 26.4. The molecule has 0 heterocycles. The molecule has 294 valence electrons. The van der Waals surface area contributed by atoms with Gasteiger partial charge in [-0.15, -0.1) is 0 Å². The maximum atomic E-state index is 12.4. The Hall–Kier alpha value is -1.47. The van der Waals surface area contributed by atoms with Crippen LogP contribution in [0.1, 0.15) is 206 Å². The first-order valence-corrected chi connectivity index (χ1v) is 22.2. The fourth-order valence-corrected chi connectivity index (χ4v) is 6.23. The number of unbranched alkanes of at least 4 members (excludes halogenated alkanes) is 24. The van der Waals surface area contributed by atoms with Crippen molar-refractivity contribution in [2.45, 2.75) is 213 Å². The average molecular weight is 729 g/mol.